The van der Waals surface area contributed by atoms with Crippen LogP contribution in [0.5, 0.6) is 0 Å². The summed E-state index contributed by atoms with van der Waals surface area (Å²) in [6.45, 7) is 8.81. The van der Waals surface area contributed by atoms with Gasteiger partial charge in [0, 0.05) is 24.9 Å². The highest BCUT2D eigenvalue weighted by atomic mass is 16.6. The van der Waals surface area contributed by atoms with Gasteiger partial charge in [-0.25, -0.2) is 4.79 Å². The number of nitro groups is 1. The molecule has 0 radical (unpaired) electrons. The highest BCUT2D eigenvalue weighted by Gasteiger charge is 2.56. The van der Waals surface area contributed by atoms with E-state index in [1.54, 1.807) is 27.7 Å². The average molecular weight is 316 g/mol. The molecule has 8 nitrogen and oxygen atoms in total. The number of rotatable bonds is 5. The van der Waals surface area contributed by atoms with E-state index in [4.69, 9.17) is 9.47 Å². The predicted molar refractivity (Wildman–Crippen MR) is 77.9 cm³/mol. The van der Waals surface area contributed by atoms with Crippen LogP contribution in [0.3, 0.4) is 0 Å². The summed E-state index contributed by atoms with van der Waals surface area (Å²) >= 11 is 0. The third-order valence-corrected chi connectivity index (χ3v) is 3.67. The summed E-state index contributed by atoms with van der Waals surface area (Å²) in [6, 6.07) is -0.949. The van der Waals surface area contributed by atoms with Crippen molar-refractivity contribution >= 4 is 12.1 Å². The first-order valence-electron chi connectivity index (χ1n) is 7.28. The Morgan fingerprint density at radius 1 is 1.36 bits per heavy atom. The Hall–Kier alpha value is -1.86. The molecule has 0 aromatic carbocycles. The van der Waals surface area contributed by atoms with Crippen molar-refractivity contribution in [2.24, 2.45) is 5.41 Å². The molecule has 126 valence electrons. The molecule has 0 spiro atoms. The fourth-order valence-corrected chi connectivity index (χ4v) is 2.42. The van der Waals surface area contributed by atoms with Crippen molar-refractivity contribution in [3.8, 4) is 0 Å². The maximum atomic E-state index is 12.0. The third-order valence-electron chi connectivity index (χ3n) is 3.67. The van der Waals surface area contributed by atoms with E-state index in [1.807, 2.05) is 0 Å². The summed E-state index contributed by atoms with van der Waals surface area (Å²) in [7, 11) is 0. The van der Waals surface area contributed by atoms with Crippen molar-refractivity contribution in [2.45, 2.75) is 52.7 Å². The molecule has 0 bridgehead atoms. The molecule has 1 atom stereocenters. The molecule has 0 aromatic rings. The zero-order valence-corrected chi connectivity index (χ0v) is 13.7. The zero-order valence-electron chi connectivity index (χ0n) is 13.7. The van der Waals surface area contributed by atoms with Crippen LogP contribution < -0.4 is 0 Å². The number of amides is 1. The molecule has 1 amide bonds. The van der Waals surface area contributed by atoms with Crippen molar-refractivity contribution in [1.82, 2.24) is 4.90 Å². The number of nitrogens with zero attached hydrogens (tertiary/aromatic N) is 2. The molecule has 22 heavy (non-hydrogen) atoms. The highest BCUT2D eigenvalue weighted by molar-refractivity contribution is 5.73. The van der Waals surface area contributed by atoms with Crippen molar-refractivity contribution in [1.29, 1.82) is 0 Å². The summed E-state index contributed by atoms with van der Waals surface area (Å²) in [4.78, 5) is 35.7. The second-order valence-corrected chi connectivity index (χ2v) is 6.64. The number of carbonyl (C=O) groups excluding carboxylic acids is 2. The molecule has 1 unspecified atom stereocenters. The van der Waals surface area contributed by atoms with E-state index in [9.17, 15) is 19.7 Å². The number of hydrogen-bond donors (Lipinski definition) is 0. The van der Waals surface area contributed by atoms with E-state index in [2.05, 4.69) is 0 Å². The van der Waals surface area contributed by atoms with Gasteiger partial charge < -0.3 is 14.4 Å². The first kappa shape index (κ1) is 18.2. The Balaban J connectivity index is 2.76. The van der Waals surface area contributed by atoms with Gasteiger partial charge in [0.25, 0.3) is 0 Å². The van der Waals surface area contributed by atoms with Gasteiger partial charge in [0.2, 0.25) is 6.04 Å². The van der Waals surface area contributed by atoms with E-state index in [-0.39, 0.29) is 26.1 Å². The second-order valence-electron chi connectivity index (χ2n) is 6.64. The van der Waals surface area contributed by atoms with Gasteiger partial charge in [0.1, 0.15) is 5.60 Å². The van der Waals surface area contributed by atoms with E-state index < -0.39 is 34.0 Å². The van der Waals surface area contributed by atoms with Crippen LogP contribution in [-0.2, 0) is 14.3 Å². The summed E-state index contributed by atoms with van der Waals surface area (Å²) in [5.74, 6) is -0.486. The summed E-state index contributed by atoms with van der Waals surface area (Å²) in [5, 5.41) is 11.1. The first-order valence-corrected chi connectivity index (χ1v) is 7.28. The highest BCUT2D eigenvalue weighted by Crippen LogP contribution is 2.39. The van der Waals surface area contributed by atoms with Crippen LogP contribution in [-0.4, -0.2) is 53.2 Å². The molecule has 1 rings (SSSR count). The number of likely N-dealkylation sites (tertiary alicyclic amines) is 1. The third kappa shape index (κ3) is 4.32. The van der Waals surface area contributed by atoms with Gasteiger partial charge in [-0.2, -0.15) is 0 Å². The van der Waals surface area contributed by atoms with E-state index in [0.29, 0.717) is 0 Å². The van der Waals surface area contributed by atoms with Gasteiger partial charge in [-0.15, -0.1) is 0 Å². The molecule has 1 fully saturated rings. The Labute approximate surface area is 129 Å². The van der Waals surface area contributed by atoms with Gasteiger partial charge >= 0.3 is 12.1 Å². The average Bonchev–Trinajstić information content (AvgIpc) is 2.30. The molecule has 0 N–H and O–H groups in total. The molecular formula is C14H24N2O6. The number of hydrogen-bond acceptors (Lipinski definition) is 6. The van der Waals surface area contributed by atoms with E-state index in [1.165, 1.54) is 11.8 Å². The topological polar surface area (TPSA) is 99.0 Å². The Morgan fingerprint density at radius 2 is 1.91 bits per heavy atom. The van der Waals surface area contributed by atoms with Gasteiger partial charge in [-0.05, 0) is 27.7 Å². The monoisotopic (exact) mass is 316 g/mol. The van der Waals surface area contributed by atoms with Crippen LogP contribution in [0.2, 0.25) is 0 Å². The van der Waals surface area contributed by atoms with Gasteiger partial charge in [-0.1, -0.05) is 0 Å². The minimum Gasteiger partial charge on any atom is -0.466 e. The number of ether oxygens (including phenoxy) is 2. The fraction of sp³-hybridized carbons (Fsp3) is 0.857. The minimum absolute atomic E-state index is 0.0811. The Kier molecular flexibility index (Phi) is 5.37. The van der Waals surface area contributed by atoms with Crippen LogP contribution in [0.1, 0.15) is 41.0 Å². The minimum atomic E-state index is -0.949. The summed E-state index contributed by atoms with van der Waals surface area (Å²) < 4.78 is 10.1. The lowest BCUT2D eigenvalue weighted by Gasteiger charge is -2.49. The standard InChI is InChI=1S/C14H24N2O6/c1-6-21-11(17)7-14(10(2)16(19)20)8-15(9-14)12(18)22-13(3,4)5/h10H,6-9H2,1-5H3. The SMILES string of the molecule is CCOC(=O)CC1(C(C)[N+](=O)[O-])CN(C(=O)OC(C)(C)C)C1. The Bertz CT molecular complexity index is 451. The lowest BCUT2D eigenvalue weighted by molar-refractivity contribution is -0.543. The van der Waals surface area contributed by atoms with Gasteiger partial charge in [0.05, 0.1) is 18.4 Å². The molecule has 1 saturated heterocycles. The molecule has 0 aromatic heterocycles. The van der Waals surface area contributed by atoms with Crippen molar-refractivity contribution < 1.29 is 24.0 Å². The van der Waals surface area contributed by atoms with Crippen LogP contribution >= 0.6 is 0 Å². The molecule has 1 aliphatic heterocycles. The van der Waals surface area contributed by atoms with E-state index >= 15 is 0 Å². The maximum Gasteiger partial charge on any atom is 0.410 e. The lowest BCUT2D eigenvalue weighted by atomic mass is 9.71. The summed E-state index contributed by atoms with van der Waals surface area (Å²) in [6.07, 6.45) is -0.607. The van der Waals surface area contributed by atoms with Crippen LogP contribution in [0.4, 0.5) is 4.79 Å². The molecule has 0 saturated carbocycles. The maximum absolute atomic E-state index is 12.0. The number of carbonyl (C=O) groups is 2. The second kappa shape index (κ2) is 6.50. The van der Waals surface area contributed by atoms with Gasteiger partial charge in [0.15, 0.2) is 0 Å². The first-order chi connectivity index (χ1) is 10.0. The summed E-state index contributed by atoms with van der Waals surface area (Å²) in [5.41, 5.74) is -1.53. The number of esters is 1. The van der Waals surface area contributed by atoms with Crippen molar-refractivity contribution in [3.05, 3.63) is 10.1 Å². The van der Waals surface area contributed by atoms with Crippen LogP contribution in [0.15, 0.2) is 0 Å². The van der Waals surface area contributed by atoms with Crippen molar-refractivity contribution in [3.63, 3.8) is 0 Å². The molecule has 1 aliphatic rings. The molecule has 0 aliphatic carbocycles. The van der Waals surface area contributed by atoms with Crippen molar-refractivity contribution in [2.75, 3.05) is 19.7 Å². The Morgan fingerprint density at radius 3 is 2.32 bits per heavy atom. The zero-order chi connectivity index (χ0) is 17.1. The smallest absolute Gasteiger partial charge is 0.410 e. The molecular weight excluding hydrogens is 292 g/mol. The normalized spacial score (nSPS) is 18.1. The fourth-order valence-electron chi connectivity index (χ4n) is 2.42. The lowest BCUT2D eigenvalue weighted by Crippen LogP contribution is -2.65. The van der Waals surface area contributed by atoms with E-state index in [0.717, 1.165) is 0 Å². The van der Waals surface area contributed by atoms with Crippen LogP contribution in [0.25, 0.3) is 0 Å². The largest absolute Gasteiger partial charge is 0.466 e. The van der Waals surface area contributed by atoms with Gasteiger partial charge in [-0.3, -0.25) is 14.9 Å². The molecule has 8 heteroatoms. The predicted octanol–water partition coefficient (Wildman–Crippen LogP) is 1.84. The van der Waals surface area contributed by atoms with Crippen LogP contribution in [0, 0.1) is 15.5 Å². The quantitative estimate of drug-likeness (QED) is 0.436. The molecule has 1 heterocycles.